The van der Waals surface area contributed by atoms with Crippen LogP contribution >= 0.6 is 0 Å². The summed E-state index contributed by atoms with van der Waals surface area (Å²) in [6.07, 6.45) is 3.19. The summed E-state index contributed by atoms with van der Waals surface area (Å²) in [4.78, 5) is 12.1. The first-order valence-corrected chi connectivity index (χ1v) is 6.94. The molecule has 1 aromatic carbocycles. The molecule has 0 radical (unpaired) electrons. The second kappa shape index (κ2) is 5.22. The normalized spacial score (nSPS) is 16.6. The van der Waals surface area contributed by atoms with Gasteiger partial charge < -0.3 is 5.32 Å². The molecule has 1 atom stereocenters. The Bertz CT molecular complexity index is 759. The van der Waals surface area contributed by atoms with Gasteiger partial charge in [-0.2, -0.15) is 5.26 Å². The molecule has 0 saturated heterocycles. The predicted molar refractivity (Wildman–Crippen MR) is 75.1 cm³/mol. The lowest BCUT2D eigenvalue weighted by Gasteiger charge is -2.11. The number of halogens is 1. The SMILES string of the molecule is C[C@H](NC(=O)c1cccc(F)c1)c1cn(C2(C#N)CC2)nn1. The third-order valence-corrected chi connectivity index (χ3v) is 3.76. The van der Waals surface area contributed by atoms with Crippen molar-refractivity contribution in [3.05, 3.63) is 47.5 Å². The first-order chi connectivity index (χ1) is 10.5. The zero-order valence-electron chi connectivity index (χ0n) is 12.0. The topological polar surface area (TPSA) is 83.6 Å². The molecule has 112 valence electrons. The lowest BCUT2D eigenvalue weighted by Crippen LogP contribution is -2.27. The van der Waals surface area contributed by atoms with Gasteiger partial charge in [-0.25, -0.2) is 9.07 Å². The maximum absolute atomic E-state index is 13.1. The molecule has 1 saturated carbocycles. The van der Waals surface area contributed by atoms with Crippen LogP contribution < -0.4 is 5.32 Å². The molecule has 1 aliphatic carbocycles. The van der Waals surface area contributed by atoms with Crippen LogP contribution in [0.5, 0.6) is 0 Å². The Hall–Kier alpha value is -2.75. The van der Waals surface area contributed by atoms with Crippen molar-refractivity contribution >= 4 is 5.91 Å². The Morgan fingerprint density at radius 2 is 2.32 bits per heavy atom. The fourth-order valence-electron chi connectivity index (χ4n) is 2.18. The fourth-order valence-corrected chi connectivity index (χ4v) is 2.18. The molecule has 1 fully saturated rings. The van der Waals surface area contributed by atoms with Crippen molar-refractivity contribution in [3.8, 4) is 6.07 Å². The molecule has 1 aliphatic rings. The number of benzene rings is 1. The number of nitrogens with zero attached hydrogens (tertiary/aromatic N) is 4. The third-order valence-electron chi connectivity index (χ3n) is 3.76. The number of nitriles is 1. The number of carbonyl (C=O) groups is 1. The van der Waals surface area contributed by atoms with E-state index in [0.29, 0.717) is 5.69 Å². The Balaban J connectivity index is 1.71. The quantitative estimate of drug-likeness (QED) is 0.935. The molecule has 1 heterocycles. The second-order valence-electron chi connectivity index (χ2n) is 5.44. The van der Waals surface area contributed by atoms with E-state index < -0.39 is 11.4 Å². The Morgan fingerprint density at radius 3 is 2.95 bits per heavy atom. The highest BCUT2D eigenvalue weighted by atomic mass is 19.1. The van der Waals surface area contributed by atoms with Crippen LogP contribution in [-0.4, -0.2) is 20.9 Å². The van der Waals surface area contributed by atoms with Crippen molar-refractivity contribution in [3.63, 3.8) is 0 Å². The van der Waals surface area contributed by atoms with Crippen LogP contribution in [0, 0.1) is 17.1 Å². The molecule has 0 bridgehead atoms. The number of amides is 1. The standard InChI is InChI=1S/C15H14FN5O/c1-10(18-14(22)11-3-2-4-12(16)7-11)13-8-21(20-19-13)15(9-17)5-6-15/h2-4,7-8,10H,5-6H2,1H3,(H,18,22)/t10-/m0/s1. The van der Waals surface area contributed by atoms with Gasteiger partial charge in [0.25, 0.3) is 5.91 Å². The van der Waals surface area contributed by atoms with E-state index in [4.69, 9.17) is 5.26 Å². The van der Waals surface area contributed by atoms with E-state index in [-0.39, 0.29) is 17.5 Å². The van der Waals surface area contributed by atoms with Crippen molar-refractivity contribution in [2.24, 2.45) is 0 Å². The van der Waals surface area contributed by atoms with Crippen molar-refractivity contribution in [2.75, 3.05) is 0 Å². The van der Waals surface area contributed by atoms with Crippen LogP contribution in [0.15, 0.2) is 30.5 Å². The molecule has 0 aliphatic heterocycles. The van der Waals surface area contributed by atoms with Gasteiger partial charge in [-0.05, 0) is 38.0 Å². The average Bonchev–Trinajstić information content (AvgIpc) is 3.15. The van der Waals surface area contributed by atoms with Crippen molar-refractivity contribution in [1.82, 2.24) is 20.3 Å². The Labute approximate surface area is 126 Å². The summed E-state index contributed by atoms with van der Waals surface area (Å²) in [5.41, 5.74) is 0.235. The van der Waals surface area contributed by atoms with Crippen molar-refractivity contribution in [1.29, 1.82) is 5.26 Å². The number of hydrogen-bond donors (Lipinski definition) is 1. The summed E-state index contributed by atoms with van der Waals surface area (Å²) < 4.78 is 14.7. The smallest absolute Gasteiger partial charge is 0.251 e. The number of aromatic nitrogens is 3. The van der Waals surface area contributed by atoms with Crippen molar-refractivity contribution in [2.45, 2.75) is 31.3 Å². The third kappa shape index (κ3) is 2.55. The van der Waals surface area contributed by atoms with Gasteiger partial charge in [0.05, 0.1) is 18.3 Å². The van der Waals surface area contributed by atoms with Crippen LogP contribution in [0.1, 0.15) is 41.9 Å². The van der Waals surface area contributed by atoms with Gasteiger partial charge in [0.1, 0.15) is 11.5 Å². The minimum absolute atomic E-state index is 0.245. The fraction of sp³-hybridized carbons (Fsp3) is 0.333. The molecule has 22 heavy (non-hydrogen) atoms. The molecule has 3 rings (SSSR count). The largest absolute Gasteiger partial charge is 0.344 e. The molecule has 0 unspecified atom stereocenters. The predicted octanol–water partition coefficient (Wildman–Crippen LogP) is 1.92. The van der Waals surface area contributed by atoms with E-state index in [1.807, 2.05) is 0 Å². The van der Waals surface area contributed by atoms with E-state index in [2.05, 4.69) is 21.7 Å². The van der Waals surface area contributed by atoms with Gasteiger partial charge in [-0.3, -0.25) is 4.79 Å². The second-order valence-corrected chi connectivity index (χ2v) is 5.44. The molecule has 1 N–H and O–H groups in total. The minimum atomic E-state index is -0.572. The maximum atomic E-state index is 13.1. The van der Waals surface area contributed by atoms with E-state index in [1.165, 1.54) is 24.3 Å². The van der Waals surface area contributed by atoms with E-state index in [0.717, 1.165) is 12.8 Å². The van der Waals surface area contributed by atoms with Gasteiger partial charge in [0.15, 0.2) is 5.54 Å². The summed E-state index contributed by atoms with van der Waals surface area (Å²) in [6, 6.07) is 7.31. The lowest BCUT2D eigenvalue weighted by atomic mass is 10.2. The summed E-state index contributed by atoms with van der Waals surface area (Å²) in [5.74, 6) is -0.848. The summed E-state index contributed by atoms with van der Waals surface area (Å²) in [7, 11) is 0. The minimum Gasteiger partial charge on any atom is -0.344 e. The summed E-state index contributed by atoms with van der Waals surface area (Å²) in [6.45, 7) is 1.76. The number of nitrogens with one attached hydrogen (secondary N) is 1. The molecule has 0 spiro atoms. The highest BCUT2D eigenvalue weighted by Gasteiger charge is 2.46. The van der Waals surface area contributed by atoms with Gasteiger partial charge in [-0.1, -0.05) is 11.3 Å². The highest BCUT2D eigenvalue weighted by Crippen LogP contribution is 2.42. The number of hydrogen-bond acceptors (Lipinski definition) is 4. The molecule has 1 amide bonds. The molecular formula is C15H14FN5O. The van der Waals surface area contributed by atoms with Crippen LogP contribution in [0.2, 0.25) is 0 Å². The van der Waals surface area contributed by atoms with Crippen molar-refractivity contribution < 1.29 is 9.18 Å². The van der Waals surface area contributed by atoms with E-state index in [9.17, 15) is 9.18 Å². The number of rotatable bonds is 4. The lowest BCUT2D eigenvalue weighted by molar-refractivity contribution is 0.0938. The van der Waals surface area contributed by atoms with Gasteiger partial charge >= 0.3 is 0 Å². The first kappa shape index (κ1) is 14.2. The molecule has 6 nitrogen and oxygen atoms in total. The monoisotopic (exact) mass is 299 g/mol. The van der Waals surface area contributed by atoms with Gasteiger partial charge in [-0.15, -0.1) is 5.10 Å². The average molecular weight is 299 g/mol. The van der Waals surface area contributed by atoms with E-state index in [1.54, 1.807) is 17.8 Å². The Morgan fingerprint density at radius 1 is 1.55 bits per heavy atom. The first-order valence-electron chi connectivity index (χ1n) is 6.94. The van der Waals surface area contributed by atoms with Crippen LogP contribution in [0.25, 0.3) is 0 Å². The molecule has 2 aromatic rings. The summed E-state index contributed by atoms with van der Waals surface area (Å²) in [5, 5.41) is 19.8. The van der Waals surface area contributed by atoms with Crippen LogP contribution in [-0.2, 0) is 5.54 Å². The molecule has 7 heteroatoms. The van der Waals surface area contributed by atoms with Gasteiger partial charge in [0, 0.05) is 5.56 Å². The summed E-state index contributed by atoms with van der Waals surface area (Å²) >= 11 is 0. The molecular weight excluding hydrogens is 285 g/mol. The zero-order chi connectivity index (χ0) is 15.7. The number of carbonyl (C=O) groups excluding carboxylic acids is 1. The zero-order valence-corrected chi connectivity index (χ0v) is 12.0. The van der Waals surface area contributed by atoms with Crippen LogP contribution in [0.4, 0.5) is 4.39 Å². The maximum Gasteiger partial charge on any atom is 0.251 e. The van der Waals surface area contributed by atoms with Crippen LogP contribution in [0.3, 0.4) is 0 Å². The van der Waals surface area contributed by atoms with E-state index >= 15 is 0 Å². The highest BCUT2D eigenvalue weighted by molar-refractivity contribution is 5.94. The molecule has 1 aromatic heterocycles. The van der Waals surface area contributed by atoms with Gasteiger partial charge in [0.2, 0.25) is 0 Å². The Kier molecular flexibility index (Phi) is 3.37.